The van der Waals surface area contributed by atoms with Crippen molar-refractivity contribution >= 4 is 23.5 Å². The van der Waals surface area contributed by atoms with Crippen molar-refractivity contribution in [3.8, 4) is 0 Å². The lowest BCUT2D eigenvalue weighted by Crippen LogP contribution is -2.50. The summed E-state index contributed by atoms with van der Waals surface area (Å²) in [7, 11) is 0. The summed E-state index contributed by atoms with van der Waals surface area (Å²) >= 11 is 0. The molecule has 5 aromatic rings. The molecule has 0 N–H and O–H groups in total. The van der Waals surface area contributed by atoms with E-state index >= 15 is 9.59 Å². The van der Waals surface area contributed by atoms with Crippen LogP contribution >= 0.6 is 0 Å². The molecule has 8 rings (SSSR count). The molecule has 0 aliphatic carbocycles. The van der Waals surface area contributed by atoms with Crippen LogP contribution in [0.3, 0.4) is 0 Å². The zero-order valence-electron chi connectivity index (χ0n) is 28.7. The van der Waals surface area contributed by atoms with Gasteiger partial charge in [0, 0.05) is 23.8 Å². The molecule has 244 valence electrons. The highest BCUT2D eigenvalue weighted by molar-refractivity contribution is 6.14. The Balaban J connectivity index is 1.41. The number of ketones is 1. The molecule has 4 atom stereocenters. The van der Waals surface area contributed by atoms with Gasteiger partial charge in [0.25, 0.3) is 0 Å². The summed E-state index contributed by atoms with van der Waals surface area (Å²) in [5.74, 6) is -0.588. The average Bonchev–Trinajstić information content (AvgIpc) is 3.71. The molecule has 49 heavy (non-hydrogen) atoms. The van der Waals surface area contributed by atoms with Crippen molar-refractivity contribution < 1.29 is 9.59 Å². The van der Waals surface area contributed by atoms with Gasteiger partial charge in [-0.2, -0.15) is 0 Å². The third-order valence-corrected chi connectivity index (χ3v) is 11.1. The largest absolute Gasteiger partial charge is 0.307 e. The molecule has 2 fully saturated rings. The Labute approximate surface area is 289 Å². The number of anilines is 1. The number of aryl methyl sites for hydroxylation is 4. The number of amides is 1. The summed E-state index contributed by atoms with van der Waals surface area (Å²) in [6.45, 7) is 9.55. The highest BCUT2D eigenvalue weighted by atomic mass is 16.2. The maximum absolute atomic E-state index is 15.8. The predicted octanol–water partition coefficient (Wildman–Crippen LogP) is 9.12. The lowest BCUT2D eigenvalue weighted by molar-refractivity contribution is -0.125. The standard InChI is InChI=1S/C45H42N2O2/c1-29-10-17-33(18-11-29)27-37-24-25-46-41(37)40(42(48)35-19-12-30(2)13-20-35)45(43(46)36-21-14-31(3)15-22-36)38-26-32(4)16-23-39(38)47(44(45)49)28-34-8-6-5-7-9-34/h5-23,26-27,40-41,43H,24-25,28H2,1-4H3/b37-27+/t40-,41+,43+,45-/m1/s1. The van der Waals surface area contributed by atoms with Gasteiger partial charge >= 0.3 is 0 Å². The van der Waals surface area contributed by atoms with E-state index in [0.717, 1.165) is 52.0 Å². The van der Waals surface area contributed by atoms with Gasteiger partial charge in [-0.1, -0.05) is 149 Å². The number of carbonyl (C=O) groups excluding carboxylic acids is 2. The summed E-state index contributed by atoms with van der Waals surface area (Å²) < 4.78 is 0. The van der Waals surface area contributed by atoms with Crippen LogP contribution in [-0.4, -0.2) is 29.2 Å². The van der Waals surface area contributed by atoms with Gasteiger partial charge in [-0.25, -0.2) is 0 Å². The second-order valence-electron chi connectivity index (χ2n) is 14.4. The molecule has 0 bridgehead atoms. The lowest BCUT2D eigenvalue weighted by atomic mass is 9.62. The minimum Gasteiger partial charge on any atom is -0.307 e. The minimum absolute atomic E-state index is 0.0112. The molecule has 4 nitrogen and oxygen atoms in total. The van der Waals surface area contributed by atoms with E-state index in [1.807, 2.05) is 54.3 Å². The number of hydrogen-bond donors (Lipinski definition) is 0. The predicted molar refractivity (Wildman–Crippen MR) is 198 cm³/mol. The van der Waals surface area contributed by atoms with Crippen molar-refractivity contribution in [2.24, 2.45) is 5.92 Å². The van der Waals surface area contributed by atoms with Crippen molar-refractivity contribution in [3.05, 3.63) is 177 Å². The molecular formula is C45H42N2O2. The first-order valence-corrected chi connectivity index (χ1v) is 17.4. The highest BCUT2D eigenvalue weighted by Crippen LogP contribution is 2.64. The van der Waals surface area contributed by atoms with Crippen LogP contribution < -0.4 is 4.90 Å². The first kappa shape index (κ1) is 31.2. The number of carbonyl (C=O) groups is 2. The fraction of sp³-hybridized carbons (Fsp3) is 0.244. The van der Waals surface area contributed by atoms with Crippen molar-refractivity contribution in [3.63, 3.8) is 0 Å². The Morgan fingerprint density at radius 2 is 1.37 bits per heavy atom. The lowest BCUT2D eigenvalue weighted by Gasteiger charge is -2.37. The van der Waals surface area contributed by atoms with E-state index in [1.165, 1.54) is 16.7 Å². The number of fused-ring (bicyclic) bond motifs is 3. The molecule has 1 amide bonds. The van der Waals surface area contributed by atoms with Gasteiger partial charge in [0.1, 0.15) is 5.41 Å². The zero-order valence-corrected chi connectivity index (χ0v) is 28.7. The molecule has 5 aromatic carbocycles. The van der Waals surface area contributed by atoms with E-state index in [4.69, 9.17) is 0 Å². The van der Waals surface area contributed by atoms with Gasteiger partial charge in [-0.15, -0.1) is 0 Å². The second-order valence-corrected chi connectivity index (χ2v) is 14.4. The summed E-state index contributed by atoms with van der Waals surface area (Å²) in [5, 5.41) is 0. The van der Waals surface area contributed by atoms with Crippen LogP contribution in [0.4, 0.5) is 5.69 Å². The Bertz CT molecular complexity index is 2080. The van der Waals surface area contributed by atoms with E-state index in [1.54, 1.807) is 0 Å². The first-order valence-electron chi connectivity index (χ1n) is 17.4. The quantitative estimate of drug-likeness (QED) is 0.174. The van der Waals surface area contributed by atoms with E-state index < -0.39 is 11.3 Å². The average molecular weight is 643 g/mol. The fourth-order valence-corrected chi connectivity index (χ4v) is 8.77. The summed E-state index contributed by atoms with van der Waals surface area (Å²) in [6, 6.07) is 41.2. The number of benzene rings is 5. The SMILES string of the molecule is Cc1ccc(/C=C2\CCN3[C@@H](c4ccc(C)cc4)[C@]4(C(=O)N(Cc5ccccc5)c5ccc(C)cc54)[C@@H](C(=O)c4ccc(C)cc4)[C@H]23)cc1. The number of nitrogens with zero attached hydrogens (tertiary/aromatic N) is 2. The number of Topliss-reactive ketones (excluding diaryl/α,β-unsaturated/α-hetero) is 1. The van der Waals surface area contributed by atoms with Crippen LogP contribution in [0.5, 0.6) is 0 Å². The van der Waals surface area contributed by atoms with E-state index in [0.29, 0.717) is 12.1 Å². The van der Waals surface area contributed by atoms with Crippen molar-refractivity contribution in [1.29, 1.82) is 0 Å². The van der Waals surface area contributed by atoms with Crippen molar-refractivity contribution in [2.45, 2.75) is 58.2 Å². The summed E-state index contributed by atoms with van der Waals surface area (Å²) in [4.78, 5) is 35.7. The normalized spacial score (nSPS) is 23.8. The Morgan fingerprint density at radius 1 is 0.755 bits per heavy atom. The van der Waals surface area contributed by atoms with E-state index in [9.17, 15) is 0 Å². The summed E-state index contributed by atoms with van der Waals surface area (Å²) in [6.07, 6.45) is 3.13. The van der Waals surface area contributed by atoms with E-state index in [2.05, 4.69) is 111 Å². The molecule has 0 saturated carbocycles. The topological polar surface area (TPSA) is 40.6 Å². The molecule has 1 spiro atoms. The number of rotatable bonds is 6. The van der Waals surface area contributed by atoms with Crippen molar-refractivity contribution in [1.82, 2.24) is 4.90 Å². The molecule has 0 unspecified atom stereocenters. The van der Waals surface area contributed by atoms with Crippen molar-refractivity contribution in [2.75, 3.05) is 11.4 Å². The first-order chi connectivity index (χ1) is 23.8. The molecule has 3 aliphatic heterocycles. The van der Waals surface area contributed by atoms with Crippen LogP contribution in [-0.2, 0) is 16.8 Å². The molecule has 3 aliphatic rings. The van der Waals surface area contributed by atoms with Gasteiger partial charge < -0.3 is 4.90 Å². The molecule has 0 radical (unpaired) electrons. The maximum atomic E-state index is 15.8. The van der Waals surface area contributed by atoms with Gasteiger partial charge in [-0.3, -0.25) is 14.5 Å². The number of hydrogen-bond acceptors (Lipinski definition) is 3. The Hall–Kier alpha value is -5.06. The van der Waals surface area contributed by atoms with Gasteiger partial charge in [0.05, 0.1) is 18.5 Å². The van der Waals surface area contributed by atoms with Crippen LogP contribution in [0.25, 0.3) is 6.08 Å². The molecule has 4 heteroatoms. The summed E-state index contributed by atoms with van der Waals surface area (Å²) in [5.41, 5.74) is 10.4. The molecule has 0 aromatic heterocycles. The smallest absolute Gasteiger partial charge is 0.240 e. The minimum atomic E-state index is -1.13. The maximum Gasteiger partial charge on any atom is 0.240 e. The fourth-order valence-electron chi connectivity index (χ4n) is 8.77. The second kappa shape index (κ2) is 12.1. The monoisotopic (exact) mass is 642 g/mol. The Morgan fingerprint density at radius 3 is 2.04 bits per heavy atom. The zero-order chi connectivity index (χ0) is 33.9. The van der Waals surface area contributed by atoms with Crippen LogP contribution in [0.15, 0.2) is 127 Å². The highest BCUT2D eigenvalue weighted by Gasteiger charge is 2.71. The van der Waals surface area contributed by atoms with Crippen LogP contribution in [0.1, 0.15) is 67.3 Å². The van der Waals surface area contributed by atoms with E-state index in [-0.39, 0.29) is 23.8 Å². The Kier molecular flexibility index (Phi) is 7.72. The van der Waals surface area contributed by atoms with Gasteiger partial charge in [0.2, 0.25) is 5.91 Å². The molecular weight excluding hydrogens is 601 g/mol. The van der Waals surface area contributed by atoms with Crippen LogP contribution in [0.2, 0.25) is 0 Å². The van der Waals surface area contributed by atoms with Gasteiger partial charge in [0.15, 0.2) is 5.78 Å². The molecule has 2 saturated heterocycles. The van der Waals surface area contributed by atoms with Gasteiger partial charge in [-0.05, 0) is 62.4 Å². The third-order valence-electron chi connectivity index (χ3n) is 11.1. The van der Waals surface area contributed by atoms with Crippen LogP contribution in [0, 0.1) is 33.6 Å². The molecule has 3 heterocycles. The third kappa shape index (κ3) is 5.09.